The number of amides is 1. The first-order valence-corrected chi connectivity index (χ1v) is 6.79. The van der Waals surface area contributed by atoms with Crippen LogP contribution in [0.4, 0.5) is 0 Å². The Bertz CT molecular complexity index is 628. The van der Waals surface area contributed by atoms with Gasteiger partial charge in [0.2, 0.25) is 0 Å². The number of carbonyl (C=O) groups excluding carboxylic acids is 1. The third kappa shape index (κ3) is 4.36. The molecule has 0 bridgehead atoms. The molecule has 0 unspecified atom stereocenters. The predicted molar refractivity (Wildman–Crippen MR) is 83.0 cm³/mol. The third-order valence-corrected chi connectivity index (χ3v) is 3.39. The maximum atomic E-state index is 11.6. The molecule has 0 saturated heterocycles. The number of aromatic nitrogens is 1. The quantitative estimate of drug-likeness (QED) is 0.659. The van der Waals surface area contributed by atoms with Gasteiger partial charge in [-0.1, -0.05) is 11.6 Å². The average Bonchev–Trinajstić information content (AvgIpc) is 2.95. The van der Waals surface area contributed by atoms with E-state index < -0.39 is 0 Å². The number of ether oxygens (including phenoxy) is 1. The van der Waals surface area contributed by atoms with Gasteiger partial charge in [0.05, 0.1) is 11.9 Å². The highest BCUT2D eigenvalue weighted by molar-refractivity contribution is 6.32. The van der Waals surface area contributed by atoms with Gasteiger partial charge in [-0.15, -0.1) is 0 Å². The number of carbonyl (C=O) groups is 1. The van der Waals surface area contributed by atoms with Crippen molar-refractivity contribution in [2.24, 2.45) is 5.10 Å². The minimum absolute atomic E-state index is 0.109. The Morgan fingerprint density at radius 2 is 2.14 bits per heavy atom. The van der Waals surface area contributed by atoms with Crippen molar-refractivity contribution in [3.63, 3.8) is 0 Å². The smallest absolute Gasteiger partial charge is 0.277 e. The molecule has 1 amide bonds. The molecule has 0 spiro atoms. The standard InChI is InChI=1S/C15H16ClN3O2/c1-10-6-13(7-11(2)15(10)16)21-9-14(20)19-18-8-12-4-3-5-17-12/h3-8,17H,9H2,1-2H3,(H,19,20). The Balaban J connectivity index is 1.84. The molecule has 0 aliphatic carbocycles. The van der Waals surface area contributed by atoms with Crippen LogP contribution in [0.25, 0.3) is 0 Å². The van der Waals surface area contributed by atoms with E-state index in [-0.39, 0.29) is 12.5 Å². The van der Waals surface area contributed by atoms with Crippen molar-refractivity contribution >= 4 is 23.7 Å². The van der Waals surface area contributed by atoms with Crippen molar-refractivity contribution in [1.82, 2.24) is 10.4 Å². The Morgan fingerprint density at radius 1 is 1.43 bits per heavy atom. The number of aromatic amines is 1. The van der Waals surface area contributed by atoms with E-state index in [1.54, 1.807) is 18.3 Å². The molecule has 1 heterocycles. The zero-order valence-corrected chi connectivity index (χ0v) is 12.6. The Labute approximate surface area is 128 Å². The van der Waals surface area contributed by atoms with Gasteiger partial charge in [0.1, 0.15) is 5.75 Å². The first-order valence-electron chi connectivity index (χ1n) is 6.41. The monoisotopic (exact) mass is 305 g/mol. The molecule has 0 aliphatic rings. The van der Waals surface area contributed by atoms with E-state index in [9.17, 15) is 4.79 Å². The summed E-state index contributed by atoms with van der Waals surface area (Å²) >= 11 is 6.07. The second kappa shape index (κ2) is 6.95. The van der Waals surface area contributed by atoms with Crippen LogP contribution in [0.1, 0.15) is 16.8 Å². The van der Waals surface area contributed by atoms with E-state index >= 15 is 0 Å². The summed E-state index contributed by atoms with van der Waals surface area (Å²) in [5.74, 6) is 0.279. The zero-order chi connectivity index (χ0) is 15.2. The van der Waals surface area contributed by atoms with Gasteiger partial charge in [-0.25, -0.2) is 5.43 Å². The summed E-state index contributed by atoms with van der Waals surface area (Å²) in [4.78, 5) is 14.5. The minimum atomic E-state index is -0.330. The molecule has 1 aromatic heterocycles. The summed E-state index contributed by atoms with van der Waals surface area (Å²) in [5.41, 5.74) is 5.02. The van der Waals surface area contributed by atoms with Crippen LogP contribution in [-0.4, -0.2) is 23.7 Å². The lowest BCUT2D eigenvalue weighted by molar-refractivity contribution is -0.123. The van der Waals surface area contributed by atoms with Crippen molar-refractivity contribution in [2.45, 2.75) is 13.8 Å². The van der Waals surface area contributed by atoms with Crippen LogP contribution in [0.3, 0.4) is 0 Å². The number of hydrogen-bond acceptors (Lipinski definition) is 3. The van der Waals surface area contributed by atoms with Crippen LogP contribution >= 0.6 is 11.6 Å². The number of halogens is 1. The lowest BCUT2D eigenvalue weighted by Gasteiger charge is -2.09. The topological polar surface area (TPSA) is 66.5 Å². The summed E-state index contributed by atoms with van der Waals surface area (Å²) < 4.78 is 5.42. The summed E-state index contributed by atoms with van der Waals surface area (Å²) in [6.45, 7) is 3.68. The molecule has 6 heteroatoms. The maximum absolute atomic E-state index is 11.6. The van der Waals surface area contributed by atoms with Crippen LogP contribution in [0.15, 0.2) is 35.6 Å². The van der Waals surface area contributed by atoms with E-state index in [1.165, 1.54) is 6.21 Å². The Hall–Kier alpha value is -2.27. The first-order chi connectivity index (χ1) is 10.1. The fourth-order valence-electron chi connectivity index (χ4n) is 1.77. The Kier molecular flexibility index (Phi) is 5.00. The normalized spacial score (nSPS) is 10.8. The van der Waals surface area contributed by atoms with Crippen LogP contribution in [0, 0.1) is 13.8 Å². The number of nitrogens with zero attached hydrogens (tertiary/aromatic N) is 1. The van der Waals surface area contributed by atoms with Crippen molar-refractivity contribution in [3.05, 3.63) is 52.3 Å². The third-order valence-electron chi connectivity index (χ3n) is 2.79. The van der Waals surface area contributed by atoms with Gasteiger partial charge in [-0.2, -0.15) is 5.10 Å². The summed E-state index contributed by atoms with van der Waals surface area (Å²) in [6, 6.07) is 7.28. The van der Waals surface area contributed by atoms with Gasteiger partial charge in [-0.3, -0.25) is 4.79 Å². The van der Waals surface area contributed by atoms with Gasteiger partial charge >= 0.3 is 0 Å². The molecule has 21 heavy (non-hydrogen) atoms. The molecule has 2 rings (SSSR count). The van der Waals surface area contributed by atoms with Crippen LogP contribution < -0.4 is 10.2 Å². The molecular weight excluding hydrogens is 290 g/mol. The number of benzene rings is 1. The average molecular weight is 306 g/mol. The molecule has 0 fully saturated rings. The second-order valence-electron chi connectivity index (χ2n) is 4.58. The Morgan fingerprint density at radius 3 is 2.76 bits per heavy atom. The molecule has 0 saturated carbocycles. The number of aryl methyl sites for hydroxylation is 2. The van der Waals surface area contributed by atoms with Gasteiger partial charge in [0, 0.05) is 11.2 Å². The number of hydrazone groups is 1. The van der Waals surface area contributed by atoms with Gasteiger partial charge < -0.3 is 9.72 Å². The number of nitrogens with one attached hydrogen (secondary N) is 2. The highest BCUT2D eigenvalue weighted by Gasteiger charge is 2.06. The summed E-state index contributed by atoms with van der Waals surface area (Å²) in [7, 11) is 0. The maximum Gasteiger partial charge on any atom is 0.277 e. The molecule has 0 atom stereocenters. The van der Waals surface area contributed by atoms with Crippen molar-refractivity contribution in [1.29, 1.82) is 0 Å². The van der Waals surface area contributed by atoms with E-state index in [2.05, 4.69) is 15.5 Å². The fraction of sp³-hybridized carbons (Fsp3) is 0.200. The molecule has 2 aromatic rings. The van der Waals surface area contributed by atoms with Crippen molar-refractivity contribution < 1.29 is 9.53 Å². The van der Waals surface area contributed by atoms with E-state index in [0.717, 1.165) is 16.8 Å². The summed E-state index contributed by atoms with van der Waals surface area (Å²) in [6.07, 6.45) is 3.30. The molecule has 2 N–H and O–H groups in total. The molecule has 110 valence electrons. The highest BCUT2D eigenvalue weighted by Crippen LogP contribution is 2.25. The first kappa shape index (κ1) is 15.1. The van der Waals surface area contributed by atoms with E-state index in [1.807, 2.05) is 26.0 Å². The number of H-pyrrole nitrogens is 1. The highest BCUT2D eigenvalue weighted by atomic mass is 35.5. The molecule has 0 radical (unpaired) electrons. The lowest BCUT2D eigenvalue weighted by Crippen LogP contribution is -2.24. The molecular formula is C15H16ClN3O2. The van der Waals surface area contributed by atoms with E-state index in [4.69, 9.17) is 16.3 Å². The van der Waals surface area contributed by atoms with Gasteiger partial charge in [-0.05, 0) is 49.2 Å². The minimum Gasteiger partial charge on any atom is -0.484 e. The molecule has 1 aromatic carbocycles. The van der Waals surface area contributed by atoms with Crippen molar-refractivity contribution in [2.75, 3.05) is 6.61 Å². The zero-order valence-electron chi connectivity index (χ0n) is 11.8. The largest absolute Gasteiger partial charge is 0.484 e. The fourth-order valence-corrected chi connectivity index (χ4v) is 1.88. The van der Waals surface area contributed by atoms with Crippen LogP contribution in [0.2, 0.25) is 5.02 Å². The number of rotatable bonds is 5. The van der Waals surface area contributed by atoms with Gasteiger partial charge in [0.15, 0.2) is 6.61 Å². The summed E-state index contributed by atoms with van der Waals surface area (Å²) in [5, 5.41) is 4.53. The van der Waals surface area contributed by atoms with E-state index in [0.29, 0.717) is 10.8 Å². The molecule has 0 aliphatic heterocycles. The van der Waals surface area contributed by atoms with Crippen molar-refractivity contribution in [3.8, 4) is 5.75 Å². The van der Waals surface area contributed by atoms with Crippen LogP contribution in [-0.2, 0) is 4.79 Å². The number of hydrogen-bond donors (Lipinski definition) is 2. The SMILES string of the molecule is Cc1cc(OCC(=O)NN=Cc2ccc[nH]2)cc(C)c1Cl. The lowest BCUT2D eigenvalue weighted by atomic mass is 10.1. The van der Waals surface area contributed by atoms with Crippen LogP contribution in [0.5, 0.6) is 5.75 Å². The predicted octanol–water partition coefficient (Wildman–Crippen LogP) is 2.81. The van der Waals surface area contributed by atoms with Gasteiger partial charge in [0.25, 0.3) is 5.91 Å². The second-order valence-corrected chi connectivity index (χ2v) is 4.96. The molecule has 5 nitrogen and oxygen atoms in total.